The molecule has 0 unspecified atom stereocenters. The summed E-state index contributed by atoms with van der Waals surface area (Å²) in [7, 11) is 0. The van der Waals surface area contributed by atoms with Crippen molar-refractivity contribution in [3.05, 3.63) is 55.6 Å². The Morgan fingerprint density at radius 3 is 2.76 bits per heavy atom. The molecule has 0 aliphatic carbocycles. The summed E-state index contributed by atoms with van der Waals surface area (Å²) in [5, 5.41) is 20.1. The molecule has 2 aromatic rings. The maximum absolute atomic E-state index is 11.1. The standard InChI is InChI=1S/C12H6BrClN2O5/c13-6-1-2-8(12(17)18)10(3-6)21-11-9(16(19)20)4-7(14)5-15-11/h1-5H,(H,17,18). The Bertz CT molecular complexity index is 738. The molecule has 0 amide bonds. The van der Waals surface area contributed by atoms with E-state index in [9.17, 15) is 14.9 Å². The lowest BCUT2D eigenvalue weighted by atomic mass is 10.2. The van der Waals surface area contributed by atoms with Gasteiger partial charge in [0.05, 0.1) is 16.1 Å². The SMILES string of the molecule is O=C(O)c1ccc(Br)cc1Oc1ncc(Cl)cc1[N+](=O)[O-]. The third-order valence-corrected chi connectivity index (χ3v) is 3.08. The van der Waals surface area contributed by atoms with E-state index >= 15 is 0 Å². The maximum Gasteiger partial charge on any atom is 0.339 e. The number of hydrogen-bond donors (Lipinski definition) is 1. The summed E-state index contributed by atoms with van der Waals surface area (Å²) in [6.07, 6.45) is 1.17. The molecular weight excluding hydrogens is 367 g/mol. The highest BCUT2D eigenvalue weighted by molar-refractivity contribution is 9.10. The number of aromatic carboxylic acids is 1. The van der Waals surface area contributed by atoms with Crippen molar-refractivity contribution >= 4 is 39.2 Å². The van der Waals surface area contributed by atoms with Crippen LogP contribution >= 0.6 is 27.5 Å². The van der Waals surface area contributed by atoms with Gasteiger partial charge in [-0.15, -0.1) is 0 Å². The van der Waals surface area contributed by atoms with Crippen molar-refractivity contribution in [1.82, 2.24) is 4.98 Å². The number of carboxylic acid groups (broad SMARTS) is 1. The fourth-order valence-corrected chi connectivity index (χ4v) is 1.98. The third-order valence-electron chi connectivity index (χ3n) is 2.38. The summed E-state index contributed by atoms with van der Waals surface area (Å²) in [6, 6.07) is 5.27. The number of benzene rings is 1. The number of nitrogens with zero attached hydrogens (tertiary/aromatic N) is 2. The van der Waals surface area contributed by atoms with E-state index < -0.39 is 16.6 Å². The molecule has 0 aliphatic heterocycles. The van der Waals surface area contributed by atoms with Gasteiger partial charge in [0.2, 0.25) is 0 Å². The number of aromatic nitrogens is 1. The molecule has 21 heavy (non-hydrogen) atoms. The first kappa shape index (κ1) is 15.2. The normalized spacial score (nSPS) is 10.2. The minimum absolute atomic E-state index is 0.0711. The number of carboxylic acids is 1. The molecule has 1 aromatic heterocycles. The Morgan fingerprint density at radius 1 is 1.43 bits per heavy atom. The Kier molecular flexibility index (Phi) is 4.39. The number of rotatable bonds is 4. The minimum atomic E-state index is -1.23. The average Bonchev–Trinajstić information content (AvgIpc) is 2.40. The summed E-state index contributed by atoms with van der Waals surface area (Å²) in [5.41, 5.74) is -0.608. The van der Waals surface area contributed by atoms with Crippen LogP contribution in [0.2, 0.25) is 5.02 Å². The van der Waals surface area contributed by atoms with Crippen LogP contribution in [0.25, 0.3) is 0 Å². The van der Waals surface area contributed by atoms with E-state index in [2.05, 4.69) is 20.9 Å². The van der Waals surface area contributed by atoms with Crippen LogP contribution in [-0.2, 0) is 0 Å². The van der Waals surface area contributed by atoms with Gasteiger partial charge in [0.25, 0.3) is 5.88 Å². The average molecular weight is 374 g/mol. The zero-order chi connectivity index (χ0) is 15.6. The Hall–Kier alpha value is -2.19. The first-order valence-electron chi connectivity index (χ1n) is 5.39. The lowest BCUT2D eigenvalue weighted by molar-refractivity contribution is -0.386. The van der Waals surface area contributed by atoms with E-state index in [1.54, 1.807) is 0 Å². The van der Waals surface area contributed by atoms with E-state index in [-0.39, 0.29) is 22.2 Å². The first-order valence-corrected chi connectivity index (χ1v) is 6.56. The number of pyridine rings is 1. The molecule has 1 N–H and O–H groups in total. The van der Waals surface area contributed by atoms with Crippen molar-refractivity contribution in [2.75, 3.05) is 0 Å². The van der Waals surface area contributed by atoms with E-state index in [1.165, 1.54) is 24.4 Å². The minimum Gasteiger partial charge on any atom is -0.478 e. The number of halogens is 2. The predicted octanol–water partition coefficient (Wildman–Crippen LogP) is 3.90. The van der Waals surface area contributed by atoms with Gasteiger partial charge in [0, 0.05) is 10.5 Å². The molecule has 9 heteroatoms. The second-order valence-corrected chi connectivity index (χ2v) is 5.13. The van der Waals surface area contributed by atoms with Crippen LogP contribution < -0.4 is 4.74 Å². The fraction of sp³-hybridized carbons (Fsp3) is 0. The van der Waals surface area contributed by atoms with E-state index in [0.29, 0.717) is 4.47 Å². The van der Waals surface area contributed by atoms with E-state index in [4.69, 9.17) is 21.4 Å². The number of nitro groups is 1. The Balaban J connectivity index is 2.50. The number of ether oxygens (including phenoxy) is 1. The van der Waals surface area contributed by atoms with Gasteiger partial charge in [-0.25, -0.2) is 9.78 Å². The largest absolute Gasteiger partial charge is 0.478 e. The van der Waals surface area contributed by atoms with Crippen LogP contribution in [0.5, 0.6) is 11.6 Å². The van der Waals surface area contributed by atoms with Gasteiger partial charge < -0.3 is 9.84 Å². The molecule has 0 radical (unpaired) electrons. The molecule has 0 saturated heterocycles. The van der Waals surface area contributed by atoms with Crippen LogP contribution in [0, 0.1) is 10.1 Å². The summed E-state index contributed by atoms with van der Waals surface area (Å²) in [4.78, 5) is 25.1. The van der Waals surface area contributed by atoms with Crippen LogP contribution in [0.1, 0.15) is 10.4 Å². The topological polar surface area (TPSA) is 103 Å². The van der Waals surface area contributed by atoms with Crippen molar-refractivity contribution in [1.29, 1.82) is 0 Å². The monoisotopic (exact) mass is 372 g/mol. The van der Waals surface area contributed by atoms with Crippen LogP contribution in [0.15, 0.2) is 34.9 Å². The summed E-state index contributed by atoms with van der Waals surface area (Å²) in [6.45, 7) is 0. The van der Waals surface area contributed by atoms with Crippen molar-refractivity contribution in [3.63, 3.8) is 0 Å². The van der Waals surface area contributed by atoms with Gasteiger partial charge in [0.15, 0.2) is 0 Å². The lowest BCUT2D eigenvalue weighted by Crippen LogP contribution is -2.02. The highest BCUT2D eigenvalue weighted by Gasteiger charge is 2.21. The van der Waals surface area contributed by atoms with E-state index in [1.807, 2.05) is 0 Å². The molecule has 7 nitrogen and oxygen atoms in total. The molecule has 1 aromatic carbocycles. The number of hydrogen-bond acceptors (Lipinski definition) is 5. The van der Waals surface area contributed by atoms with Crippen LogP contribution in [0.3, 0.4) is 0 Å². The van der Waals surface area contributed by atoms with Crippen LogP contribution in [0.4, 0.5) is 5.69 Å². The van der Waals surface area contributed by atoms with Crippen LogP contribution in [-0.4, -0.2) is 21.0 Å². The van der Waals surface area contributed by atoms with Gasteiger partial charge in [-0.05, 0) is 18.2 Å². The van der Waals surface area contributed by atoms with Gasteiger partial charge >= 0.3 is 11.7 Å². The van der Waals surface area contributed by atoms with Crippen molar-refractivity contribution in [2.45, 2.75) is 0 Å². The van der Waals surface area contributed by atoms with Crippen molar-refractivity contribution < 1.29 is 19.6 Å². The molecule has 108 valence electrons. The zero-order valence-electron chi connectivity index (χ0n) is 10.1. The van der Waals surface area contributed by atoms with Gasteiger partial charge in [-0.3, -0.25) is 10.1 Å². The lowest BCUT2D eigenvalue weighted by Gasteiger charge is -2.08. The third kappa shape index (κ3) is 3.47. The first-order chi connectivity index (χ1) is 9.88. The highest BCUT2D eigenvalue weighted by atomic mass is 79.9. The summed E-state index contributed by atoms with van der Waals surface area (Å²) < 4.78 is 5.83. The Morgan fingerprint density at radius 2 is 2.14 bits per heavy atom. The number of carbonyl (C=O) groups is 1. The van der Waals surface area contributed by atoms with Crippen molar-refractivity contribution in [3.8, 4) is 11.6 Å². The maximum atomic E-state index is 11.1. The van der Waals surface area contributed by atoms with Gasteiger partial charge in [-0.1, -0.05) is 27.5 Å². The van der Waals surface area contributed by atoms with Crippen molar-refractivity contribution in [2.24, 2.45) is 0 Å². The summed E-state index contributed by atoms with van der Waals surface area (Å²) in [5.74, 6) is -1.64. The molecule has 0 saturated carbocycles. The zero-order valence-corrected chi connectivity index (χ0v) is 12.5. The second kappa shape index (κ2) is 6.06. The summed E-state index contributed by atoms with van der Waals surface area (Å²) >= 11 is 8.82. The molecule has 0 bridgehead atoms. The molecule has 0 fully saturated rings. The second-order valence-electron chi connectivity index (χ2n) is 3.78. The van der Waals surface area contributed by atoms with Gasteiger partial charge in [0.1, 0.15) is 11.3 Å². The quantitative estimate of drug-likeness (QED) is 0.644. The Labute approximate surface area is 131 Å². The van der Waals surface area contributed by atoms with E-state index in [0.717, 1.165) is 6.07 Å². The molecule has 0 atom stereocenters. The molecule has 0 aliphatic rings. The highest BCUT2D eigenvalue weighted by Crippen LogP contribution is 2.34. The predicted molar refractivity (Wildman–Crippen MR) is 77.1 cm³/mol. The molecular formula is C12H6BrClN2O5. The smallest absolute Gasteiger partial charge is 0.339 e. The fourth-order valence-electron chi connectivity index (χ4n) is 1.49. The molecule has 0 spiro atoms. The molecule has 2 rings (SSSR count). The van der Waals surface area contributed by atoms with Gasteiger partial charge in [-0.2, -0.15) is 0 Å². The molecule has 1 heterocycles.